The lowest BCUT2D eigenvalue weighted by atomic mass is 9.95. The van der Waals surface area contributed by atoms with Gasteiger partial charge in [-0.05, 0) is 31.6 Å². The van der Waals surface area contributed by atoms with Crippen molar-refractivity contribution in [3.63, 3.8) is 0 Å². The Hall–Kier alpha value is -0.120. The van der Waals surface area contributed by atoms with E-state index in [9.17, 15) is 5.11 Å². The molecule has 2 atom stereocenters. The van der Waals surface area contributed by atoms with Crippen LogP contribution in [0.2, 0.25) is 0 Å². The molecule has 2 rings (SSSR count). The van der Waals surface area contributed by atoms with Crippen molar-refractivity contribution < 1.29 is 9.84 Å². The Balaban J connectivity index is 1.77. The van der Waals surface area contributed by atoms with E-state index in [1.165, 1.54) is 19.3 Å². The van der Waals surface area contributed by atoms with Crippen LogP contribution in [0.25, 0.3) is 0 Å². The first kappa shape index (κ1) is 12.3. The Morgan fingerprint density at radius 1 is 1.44 bits per heavy atom. The van der Waals surface area contributed by atoms with Gasteiger partial charge in [-0.25, -0.2) is 0 Å². The van der Waals surface area contributed by atoms with Crippen molar-refractivity contribution in [2.75, 3.05) is 19.8 Å². The van der Waals surface area contributed by atoms with Gasteiger partial charge >= 0.3 is 0 Å². The molecule has 3 nitrogen and oxygen atoms in total. The molecule has 1 aliphatic carbocycles. The summed E-state index contributed by atoms with van der Waals surface area (Å²) in [5.74, 6) is 0.648. The largest absolute Gasteiger partial charge is 0.389 e. The van der Waals surface area contributed by atoms with Crippen molar-refractivity contribution >= 4 is 0 Å². The number of rotatable bonds is 5. The SMILES string of the molecule is CCC(NCC1(O)CCCC1)C1CCOC1. The van der Waals surface area contributed by atoms with Crippen LogP contribution in [-0.4, -0.2) is 36.5 Å². The van der Waals surface area contributed by atoms with Crippen molar-refractivity contribution in [1.29, 1.82) is 0 Å². The van der Waals surface area contributed by atoms with Crippen LogP contribution in [0.5, 0.6) is 0 Å². The van der Waals surface area contributed by atoms with Gasteiger partial charge in [0.1, 0.15) is 0 Å². The molecule has 1 saturated carbocycles. The summed E-state index contributed by atoms with van der Waals surface area (Å²) in [7, 11) is 0. The molecule has 0 aromatic heterocycles. The van der Waals surface area contributed by atoms with E-state index in [1.807, 2.05) is 0 Å². The number of nitrogens with one attached hydrogen (secondary N) is 1. The number of aliphatic hydroxyl groups is 1. The molecule has 16 heavy (non-hydrogen) atoms. The molecule has 0 spiro atoms. The monoisotopic (exact) mass is 227 g/mol. The van der Waals surface area contributed by atoms with E-state index in [-0.39, 0.29) is 0 Å². The predicted octanol–water partition coefficient (Wildman–Crippen LogP) is 1.70. The average Bonchev–Trinajstić information content (AvgIpc) is 2.91. The van der Waals surface area contributed by atoms with Gasteiger partial charge in [0.15, 0.2) is 0 Å². The Labute approximate surface area is 98.6 Å². The highest BCUT2D eigenvalue weighted by Gasteiger charge is 2.32. The molecule has 3 heteroatoms. The van der Waals surface area contributed by atoms with Crippen molar-refractivity contribution in [2.45, 2.75) is 57.1 Å². The van der Waals surface area contributed by atoms with Crippen molar-refractivity contribution in [2.24, 2.45) is 5.92 Å². The Kier molecular flexibility index (Phi) is 4.22. The molecule has 1 saturated heterocycles. The summed E-state index contributed by atoms with van der Waals surface area (Å²) in [4.78, 5) is 0. The van der Waals surface area contributed by atoms with E-state index in [0.29, 0.717) is 12.0 Å². The summed E-state index contributed by atoms with van der Waals surface area (Å²) in [6.45, 7) is 4.79. The van der Waals surface area contributed by atoms with Gasteiger partial charge in [-0.2, -0.15) is 0 Å². The van der Waals surface area contributed by atoms with Gasteiger partial charge in [0.05, 0.1) is 12.2 Å². The van der Waals surface area contributed by atoms with Crippen LogP contribution >= 0.6 is 0 Å². The molecule has 0 radical (unpaired) electrons. The number of hydrogen-bond acceptors (Lipinski definition) is 3. The maximum atomic E-state index is 10.3. The summed E-state index contributed by atoms with van der Waals surface area (Å²) in [6, 6.07) is 0.520. The normalized spacial score (nSPS) is 30.8. The van der Waals surface area contributed by atoms with Gasteiger partial charge in [0.2, 0.25) is 0 Å². The van der Waals surface area contributed by atoms with Crippen LogP contribution < -0.4 is 5.32 Å². The highest BCUT2D eigenvalue weighted by molar-refractivity contribution is 4.89. The minimum Gasteiger partial charge on any atom is -0.389 e. The quantitative estimate of drug-likeness (QED) is 0.751. The zero-order valence-corrected chi connectivity index (χ0v) is 10.4. The second-order valence-corrected chi connectivity index (χ2v) is 5.45. The van der Waals surface area contributed by atoms with Gasteiger partial charge in [-0.1, -0.05) is 19.8 Å². The fraction of sp³-hybridized carbons (Fsp3) is 1.00. The van der Waals surface area contributed by atoms with Crippen LogP contribution in [0.1, 0.15) is 45.4 Å². The fourth-order valence-electron chi connectivity index (χ4n) is 3.05. The highest BCUT2D eigenvalue weighted by Crippen LogP contribution is 2.29. The van der Waals surface area contributed by atoms with E-state index in [1.54, 1.807) is 0 Å². The summed E-state index contributed by atoms with van der Waals surface area (Å²) in [5, 5.41) is 13.8. The molecule has 0 aromatic rings. The van der Waals surface area contributed by atoms with Crippen LogP contribution in [-0.2, 0) is 4.74 Å². The topological polar surface area (TPSA) is 41.5 Å². The minimum absolute atomic E-state index is 0.424. The molecule has 2 N–H and O–H groups in total. The second-order valence-electron chi connectivity index (χ2n) is 5.45. The molecular formula is C13H25NO2. The molecule has 0 bridgehead atoms. The van der Waals surface area contributed by atoms with Crippen molar-refractivity contribution in [1.82, 2.24) is 5.32 Å². The Morgan fingerprint density at radius 3 is 2.75 bits per heavy atom. The Morgan fingerprint density at radius 2 is 2.19 bits per heavy atom. The van der Waals surface area contributed by atoms with E-state index in [2.05, 4.69) is 12.2 Å². The Bertz CT molecular complexity index is 208. The lowest BCUT2D eigenvalue weighted by Crippen LogP contribution is -2.45. The molecule has 0 aromatic carbocycles. The van der Waals surface area contributed by atoms with Gasteiger partial charge in [-0.3, -0.25) is 0 Å². The third-order valence-corrected chi connectivity index (χ3v) is 4.20. The lowest BCUT2D eigenvalue weighted by Gasteiger charge is -2.28. The third-order valence-electron chi connectivity index (χ3n) is 4.20. The van der Waals surface area contributed by atoms with Crippen LogP contribution in [0, 0.1) is 5.92 Å². The number of ether oxygens (including phenoxy) is 1. The van der Waals surface area contributed by atoms with E-state index in [0.717, 1.165) is 39.0 Å². The first-order chi connectivity index (χ1) is 7.73. The van der Waals surface area contributed by atoms with Crippen molar-refractivity contribution in [3.8, 4) is 0 Å². The summed E-state index contributed by atoms with van der Waals surface area (Å²) >= 11 is 0. The molecule has 2 aliphatic rings. The summed E-state index contributed by atoms with van der Waals surface area (Å²) in [5.41, 5.74) is -0.424. The lowest BCUT2D eigenvalue weighted by molar-refractivity contribution is 0.0418. The van der Waals surface area contributed by atoms with Crippen LogP contribution in [0.3, 0.4) is 0 Å². The standard InChI is InChI=1S/C13H25NO2/c1-2-12(11-5-8-16-9-11)14-10-13(15)6-3-4-7-13/h11-12,14-15H,2-10H2,1H3. The highest BCUT2D eigenvalue weighted by atomic mass is 16.5. The smallest absolute Gasteiger partial charge is 0.0771 e. The van der Waals surface area contributed by atoms with Gasteiger partial charge in [0, 0.05) is 19.2 Å². The van der Waals surface area contributed by atoms with Gasteiger partial charge < -0.3 is 15.2 Å². The molecule has 94 valence electrons. The zero-order chi connectivity index (χ0) is 11.4. The molecular weight excluding hydrogens is 202 g/mol. The molecule has 1 heterocycles. The van der Waals surface area contributed by atoms with E-state index in [4.69, 9.17) is 4.74 Å². The summed E-state index contributed by atoms with van der Waals surface area (Å²) in [6.07, 6.45) is 6.60. The summed E-state index contributed by atoms with van der Waals surface area (Å²) < 4.78 is 5.43. The molecule has 2 fully saturated rings. The van der Waals surface area contributed by atoms with E-state index >= 15 is 0 Å². The first-order valence-electron chi connectivity index (χ1n) is 6.77. The zero-order valence-electron chi connectivity index (χ0n) is 10.4. The van der Waals surface area contributed by atoms with Gasteiger partial charge in [0.25, 0.3) is 0 Å². The van der Waals surface area contributed by atoms with E-state index < -0.39 is 5.60 Å². The fourth-order valence-corrected chi connectivity index (χ4v) is 3.05. The maximum Gasteiger partial charge on any atom is 0.0771 e. The van der Waals surface area contributed by atoms with Crippen LogP contribution in [0.15, 0.2) is 0 Å². The van der Waals surface area contributed by atoms with Crippen molar-refractivity contribution in [3.05, 3.63) is 0 Å². The third kappa shape index (κ3) is 2.96. The average molecular weight is 227 g/mol. The number of hydrogen-bond donors (Lipinski definition) is 2. The molecule has 2 unspecified atom stereocenters. The molecule has 0 amide bonds. The second kappa shape index (κ2) is 5.48. The first-order valence-corrected chi connectivity index (χ1v) is 6.77. The minimum atomic E-state index is -0.424. The molecule has 1 aliphatic heterocycles. The predicted molar refractivity (Wildman–Crippen MR) is 64.4 cm³/mol. The maximum absolute atomic E-state index is 10.3. The van der Waals surface area contributed by atoms with Gasteiger partial charge in [-0.15, -0.1) is 0 Å². The van der Waals surface area contributed by atoms with Crippen LogP contribution in [0.4, 0.5) is 0 Å².